The predicted molar refractivity (Wildman–Crippen MR) is 120 cm³/mol. The molecule has 2 aromatic heterocycles. The maximum atomic E-state index is 13.9. The molecule has 1 saturated heterocycles. The third kappa shape index (κ3) is 5.19. The number of methoxy groups -OCH3 is 1. The zero-order valence-corrected chi connectivity index (χ0v) is 18.3. The molecular formula is C24H24F2N4O3. The van der Waals surface area contributed by atoms with E-state index in [2.05, 4.69) is 20.2 Å². The van der Waals surface area contributed by atoms with Crippen LogP contribution in [0.2, 0.25) is 0 Å². The molecule has 0 spiro atoms. The van der Waals surface area contributed by atoms with E-state index in [4.69, 9.17) is 9.47 Å². The van der Waals surface area contributed by atoms with E-state index in [0.29, 0.717) is 48.7 Å². The van der Waals surface area contributed by atoms with Gasteiger partial charge in [0.05, 0.1) is 18.4 Å². The van der Waals surface area contributed by atoms with Crippen LogP contribution in [0.5, 0.6) is 11.5 Å². The molecule has 33 heavy (non-hydrogen) atoms. The number of aromatic nitrogens is 2. The molecule has 0 atom stereocenters. The highest BCUT2D eigenvalue weighted by molar-refractivity contribution is 6.07. The van der Waals surface area contributed by atoms with E-state index in [1.165, 1.54) is 25.4 Å². The van der Waals surface area contributed by atoms with Gasteiger partial charge in [0.2, 0.25) is 0 Å². The number of amides is 1. The first-order valence-electron chi connectivity index (χ1n) is 10.6. The highest BCUT2D eigenvalue weighted by Crippen LogP contribution is 2.30. The molecule has 0 bridgehead atoms. The third-order valence-electron chi connectivity index (χ3n) is 5.43. The Bertz CT molecular complexity index is 1150. The second kappa shape index (κ2) is 9.81. The highest BCUT2D eigenvalue weighted by atomic mass is 19.1. The number of hydrogen-bond acceptors (Lipinski definition) is 6. The lowest BCUT2D eigenvalue weighted by atomic mass is 10.1. The van der Waals surface area contributed by atoms with E-state index in [0.717, 1.165) is 11.6 Å². The molecule has 1 aromatic carbocycles. The van der Waals surface area contributed by atoms with Crippen molar-refractivity contribution in [2.45, 2.75) is 25.9 Å². The first-order chi connectivity index (χ1) is 15.9. The lowest BCUT2D eigenvalue weighted by Gasteiger charge is -2.34. The SMILES string of the molecule is COc1ccncc1C(=O)Nc1cc(C)cnc1N1CCC(Oc2ccc(F)cc2F)CC1. The Kier molecular flexibility index (Phi) is 6.67. The zero-order valence-electron chi connectivity index (χ0n) is 18.3. The van der Waals surface area contributed by atoms with Crippen molar-refractivity contribution in [1.29, 1.82) is 0 Å². The Morgan fingerprint density at radius 3 is 2.64 bits per heavy atom. The molecule has 0 unspecified atom stereocenters. The van der Waals surface area contributed by atoms with Crippen LogP contribution in [0.15, 0.2) is 48.9 Å². The van der Waals surface area contributed by atoms with E-state index in [9.17, 15) is 13.6 Å². The lowest BCUT2D eigenvalue weighted by molar-refractivity contribution is 0.102. The van der Waals surface area contributed by atoms with Gasteiger partial charge in [-0.3, -0.25) is 9.78 Å². The average Bonchev–Trinajstić information content (AvgIpc) is 2.81. The Hall–Kier alpha value is -3.75. The van der Waals surface area contributed by atoms with Crippen LogP contribution in [-0.2, 0) is 0 Å². The summed E-state index contributed by atoms with van der Waals surface area (Å²) in [4.78, 5) is 23.5. The van der Waals surface area contributed by atoms with Gasteiger partial charge in [-0.05, 0) is 36.8 Å². The van der Waals surface area contributed by atoms with Crippen LogP contribution in [-0.4, -0.2) is 42.2 Å². The number of rotatable bonds is 6. The zero-order chi connectivity index (χ0) is 23.4. The number of carbonyl (C=O) groups excluding carboxylic acids is 1. The Labute approximate surface area is 190 Å². The van der Waals surface area contributed by atoms with Crippen LogP contribution in [0, 0.1) is 18.6 Å². The number of carbonyl (C=O) groups is 1. The summed E-state index contributed by atoms with van der Waals surface area (Å²) in [5.74, 6) is -0.591. The molecule has 1 amide bonds. The molecule has 1 aliphatic heterocycles. The quantitative estimate of drug-likeness (QED) is 0.596. The number of halogens is 2. The number of hydrogen-bond donors (Lipinski definition) is 1. The number of nitrogens with one attached hydrogen (secondary N) is 1. The maximum absolute atomic E-state index is 13.9. The van der Waals surface area contributed by atoms with Crippen molar-refractivity contribution < 1.29 is 23.0 Å². The van der Waals surface area contributed by atoms with Crippen molar-refractivity contribution in [3.8, 4) is 11.5 Å². The Morgan fingerprint density at radius 2 is 1.91 bits per heavy atom. The number of pyridine rings is 2. The van der Waals surface area contributed by atoms with Crippen LogP contribution in [0.1, 0.15) is 28.8 Å². The van der Waals surface area contributed by atoms with Gasteiger partial charge in [-0.1, -0.05) is 0 Å². The minimum absolute atomic E-state index is 0.0432. The topological polar surface area (TPSA) is 76.6 Å². The molecule has 3 heterocycles. The van der Waals surface area contributed by atoms with Gasteiger partial charge in [-0.25, -0.2) is 13.8 Å². The largest absolute Gasteiger partial charge is 0.496 e. The second-order valence-electron chi connectivity index (χ2n) is 7.79. The molecule has 172 valence electrons. The minimum atomic E-state index is -0.714. The normalized spacial score (nSPS) is 14.1. The molecule has 9 heteroatoms. The van der Waals surface area contributed by atoms with Crippen molar-refractivity contribution in [1.82, 2.24) is 9.97 Å². The molecule has 0 aliphatic carbocycles. The first kappa shape index (κ1) is 22.4. The number of piperidine rings is 1. The summed E-state index contributed by atoms with van der Waals surface area (Å²) in [5.41, 5.74) is 1.80. The molecule has 0 radical (unpaired) electrons. The summed E-state index contributed by atoms with van der Waals surface area (Å²) in [6, 6.07) is 6.78. The minimum Gasteiger partial charge on any atom is -0.496 e. The number of benzene rings is 1. The number of anilines is 2. The van der Waals surface area contributed by atoms with E-state index in [1.807, 2.05) is 13.0 Å². The fourth-order valence-corrected chi connectivity index (χ4v) is 3.76. The van der Waals surface area contributed by atoms with Crippen molar-refractivity contribution in [3.63, 3.8) is 0 Å². The van der Waals surface area contributed by atoms with E-state index in [-0.39, 0.29) is 17.8 Å². The summed E-state index contributed by atoms with van der Waals surface area (Å²) in [5, 5.41) is 2.92. The monoisotopic (exact) mass is 454 g/mol. The molecule has 4 rings (SSSR count). The van der Waals surface area contributed by atoms with E-state index >= 15 is 0 Å². The van der Waals surface area contributed by atoms with Crippen LogP contribution < -0.4 is 19.7 Å². The first-order valence-corrected chi connectivity index (χ1v) is 10.6. The number of nitrogens with zero attached hydrogens (tertiary/aromatic N) is 3. The molecule has 0 saturated carbocycles. The predicted octanol–water partition coefficient (Wildman–Crippen LogP) is 4.37. The summed E-state index contributed by atoms with van der Waals surface area (Å²) in [6.45, 7) is 3.10. The fourth-order valence-electron chi connectivity index (χ4n) is 3.76. The Balaban J connectivity index is 1.46. The fraction of sp³-hybridized carbons (Fsp3) is 0.292. The van der Waals surface area contributed by atoms with E-state index in [1.54, 1.807) is 18.5 Å². The van der Waals surface area contributed by atoms with Gasteiger partial charge in [0.25, 0.3) is 5.91 Å². The summed E-state index contributed by atoms with van der Waals surface area (Å²) in [6.07, 6.45) is 5.79. The van der Waals surface area contributed by atoms with Crippen LogP contribution in [0.3, 0.4) is 0 Å². The molecule has 3 aromatic rings. The van der Waals surface area contributed by atoms with Gasteiger partial charge in [-0.15, -0.1) is 0 Å². The second-order valence-corrected chi connectivity index (χ2v) is 7.79. The van der Waals surface area contributed by atoms with Crippen molar-refractivity contribution in [2.75, 3.05) is 30.4 Å². The van der Waals surface area contributed by atoms with Gasteiger partial charge >= 0.3 is 0 Å². The van der Waals surface area contributed by atoms with Gasteiger partial charge in [0.1, 0.15) is 17.7 Å². The summed E-state index contributed by atoms with van der Waals surface area (Å²) in [7, 11) is 1.50. The molecule has 7 nitrogen and oxygen atoms in total. The van der Waals surface area contributed by atoms with Gasteiger partial charge in [0.15, 0.2) is 17.4 Å². The van der Waals surface area contributed by atoms with Crippen LogP contribution >= 0.6 is 0 Å². The van der Waals surface area contributed by atoms with Crippen LogP contribution in [0.25, 0.3) is 0 Å². The highest BCUT2D eigenvalue weighted by Gasteiger charge is 2.25. The van der Waals surface area contributed by atoms with Gasteiger partial charge in [-0.2, -0.15) is 0 Å². The van der Waals surface area contributed by atoms with Crippen molar-refractivity contribution in [3.05, 3.63) is 71.7 Å². The molecular weight excluding hydrogens is 430 g/mol. The summed E-state index contributed by atoms with van der Waals surface area (Å²) >= 11 is 0. The smallest absolute Gasteiger partial charge is 0.261 e. The standard InChI is InChI=1S/C24H24F2N4O3/c1-15-11-20(29-24(31)18-14-27-8-5-21(18)32-2)23(28-13-15)30-9-6-17(7-10-30)33-22-4-3-16(25)12-19(22)26/h3-5,8,11-14,17H,6-7,9-10H2,1-2H3,(H,29,31). The lowest BCUT2D eigenvalue weighted by Crippen LogP contribution is -2.39. The molecule has 1 fully saturated rings. The third-order valence-corrected chi connectivity index (χ3v) is 5.43. The number of ether oxygens (including phenoxy) is 2. The average molecular weight is 454 g/mol. The number of aryl methyl sites for hydroxylation is 1. The Morgan fingerprint density at radius 1 is 1.12 bits per heavy atom. The van der Waals surface area contributed by atoms with Crippen molar-refractivity contribution >= 4 is 17.4 Å². The summed E-state index contributed by atoms with van der Waals surface area (Å²) < 4.78 is 38.0. The van der Waals surface area contributed by atoms with E-state index < -0.39 is 11.6 Å². The van der Waals surface area contributed by atoms with Gasteiger partial charge < -0.3 is 19.7 Å². The van der Waals surface area contributed by atoms with Gasteiger partial charge in [0, 0.05) is 50.6 Å². The van der Waals surface area contributed by atoms with Crippen molar-refractivity contribution in [2.24, 2.45) is 0 Å². The molecule has 1 N–H and O–H groups in total. The molecule has 1 aliphatic rings. The van der Waals surface area contributed by atoms with Crippen LogP contribution in [0.4, 0.5) is 20.3 Å². The maximum Gasteiger partial charge on any atom is 0.261 e.